The van der Waals surface area contributed by atoms with Gasteiger partial charge in [0.2, 0.25) is 0 Å². The quantitative estimate of drug-likeness (QED) is 0.436. The van der Waals surface area contributed by atoms with Gasteiger partial charge in [0.25, 0.3) is 0 Å². The van der Waals surface area contributed by atoms with E-state index >= 15 is 0 Å². The van der Waals surface area contributed by atoms with Gasteiger partial charge >= 0.3 is 134 Å². The van der Waals surface area contributed by atoms with Gasteiger partial charge in [-0.15, -0.1) is 0 Å². The zero-order valence-electron chi connectivity index (χ0n) is 12.0. The molecule has 0 heterocycles. The number of hydrogen-bond donors (Lipinski definition) is 0. The molecule has 0 aromatic heterocycles. The minimum atomic E-state index is 0.0394. The van der Waals surface area contributed by atoms with Crippen LogP contribution in [0.5, 0.6) is 0 Å². The van der Waals surface area contributed by atoms with Gasteiger partial charge in [-0.1, -0.05) is 0 Å². The van der Waals surface area contributed by atoms with E-state index < -0.39 is 0 Å². The van der Waals surface area contributed by atoms with Gasteiger partial charge in [-0.3, -0.25) is 0 Å². The van der Waals surface area contributed by atoms with Crippen molar-refractivity contribution in [2.24, 2.45) is 0 Å². The summed E-state index contributed by atoms with van der Waals surface area (Å²) in [6, 6.07) is 0. The Bertz CT molecular complexity index is 420. The Balaban J connectivity index is 2.10. The van der Waals surface area contributed by atoms with Gasteiger partial charge in [-0.05, 0) is 0 Å². The molecule has 0 aliphatic heterocycles. The van der Waals surface area contributed by atoms with Crippen LogP contribution in [0, 0.1) is 0 Å². The summed E-state index contributed by atoms with van der Waals surface area (Å²) < 4.78 is 1.68. The molecule has 2 aliphatic rings. The third-order valence-electron chi connectivity index (χ3n) is 3.50. The van der Waals surface area contributed by atoms with E-state index in [-0.39, 0.29) is 19.2 Å². The Kier molecular flexibility index (Phi) is 7.18. The Morgan fingerprint density at radius 2 is 1.16 bits per heavy atom. The van der Waals surface area contributed by atoms with E-state index in [0.717, 1.165) is 42.8 Å². The molecule has 0 fully saturated rings. The SMILES string of the molecule is CPC1=C[CH]([Ti][CH]2C=C(PC)C=C2PC)C(PC)=C1. The molecule has 0 saturated heterocycles. The Labute approximate surface area is 133 Å². The fourth-order valence-corrected chi connectivity index (χ4v) is 10.2. The van der Waals surface area contributed by atoms with Gasteiger partial charge in [-0.25, -0.2) is 0 Å². The fraction of sp³-hybridized carbons (Fsp3) is 0.429. The summed E-state index contributed by atoms with van der Waals surface area (Å²) in [5.41, 5.74) is 0. The number of allylic oxidation sites excluding steroid dienone is 8. The minimum absolute atomic E-state index is 0.0394. The van der Waals surface area contributed by atoms with Crippen LogP contribution in [-0.2, 0) is 19.2 Å². The van der Waals surface area contributed by atoms with Crippen LogP contribution in [0.4, 0.5) is 0 Å². The van der Waals surface area contributed by atoms with E-state index in [1.54, 1.807) is 21.3 Å². The van der Waals surface area contributed by atoms with Gasteiger partial charge in [0.1, 0.15) is 0 Å². The van der Waals surface area contributed by atoms with Gasteiger partial charge in [-0.2, -0.15) is 0 Å². The van der Waals surface area contributed by atoms with Gasteiger partial charge < -0.3 is 0 Å². The molecule has 19 heavy (non-hydrogen) atoms. The molecule has 6 unspecified atom stereocenters. The first-order valence-corrected chi connectivity index (χ1v) is 14.4. The molecule has 0 N–H and O–H groups in total. The van der Waals surface area contributed by atoms with E-state index in [1.165, 1.54) is 0 Å². The molecule has 5 heteroatoms. The molecule has 0 spiro atoms. The Hall–Kier alpha value is 1.39. The van der Waals surface area contributed by atoms with Crippen LogP contribution in [0.15, 0.2) is 45.6 Å². The zero-order valence-corrected chi connectivity index (χ0v) is 17.5. The van der Waals surface area contributed by atoms with Crippen LogP contribution in [0.3, 0.4) is 0 Å². The Morgan fingerprint density at radius 1 is 0.737 bits per heavy atom. The first-order chi connectivity index (χ1) is 9.21. The predicted octanol–water partition coefficient (Wildman–Crippen LogP) is 5.44. The van der Waals surface area contributed by atoms with E-state index in [1.807, 2.05) is 0 Å². The normalized spacial score (nSPS) is 28.4. The molecular weight excluding hydrogens is 340 g/mol. The van der Waals surface area contributed by atoms with Crippen molar-refractivity contribution in [2.45, 2.75) is 8.45 Å². The van der Waals surface area contributed by atoms with E-state index in [2.05, 4.69) is 51.0 Å². The van der Waals surface area contributed by atoms with Crippen molar-refractivity contribution < 1.29 is 19.2 Å². The average molecular weight is 362 g/mol. The van der Waals surface area contributed by atoms with Crippen molar-refractivity contribution >= 4 is 34.3 Å². The van der Waals surface area contributed by atoms with Gasteiger partial charge in [0, 0.05) is 0 Å². The molecule has 0 nitrogen and oxygen atoms in total. The van der Waals surface area contributed by atoms with Gasteiger partial charge in [0.15, 0.2) is 0 Å². The second-order valence-electron chi connectivity index (χ2n) is 4.57. The molecule has 0 radical (unpaired) electrons. The van der Waals surface area contributed by atoms with Crippen LogP contribution in [0.1, 0.15) is 0 Å². The predicted molar refractivity (Wildman–Crippen MR) is 96.8 cm³/mol. The summed E-state index contributed by atoms with van der Waals surface area (Å²) >= 11 is 0.0394. The van der Waals surface area contributed by atoms with Crippen molar-refractivity contribution in [3.05, 3.63) is 45.6 Å². The molecule has 0 saturated carbocycles. The molecule has 0 aromatic rings. The second-order valence-corrected chi connectivity index (χ2v) is 11.3. The monoisotopic (exact) mass is 362 g/mol. The molecule has 102 valence electrons. The van der Waals surface area contributed by atoms with Crippen LogP contribution in [-0.4, -0.2) is 26.7 Å². The molecule has 2 rings (SSSR count). The molecule has 6 atom stereocenters. The average Bonchev–Trinajstić information content (AvgIpc) is 3.02. The van der Waals surface area contributed by atoms with E-state index in [0.29, 0.717) is 0 Å². The van der Waals surface area contributed by atoms with Crippen molar-refractivity contribution in [3.63, 3.8) is 0 Å². The maximum absolute atomic E-state index is 2.60. The standard InChI is InChI=1S/2C7H11P2.Ti/c2*1-8-6-3-4-7(5-6)9-2;/h2*3-5,8-9H,1-2H3;. The van der Waals surface area contributed by atoms with Crippen molar-refractivity contribution in [1.82, 2.24) is 0 Å². The van der Waals surface area contributed by atoms with Crippen LogP contribution < -0.4 is 0 Å². The fourth-order valence-electron chi connectivity index (χ4n) is 2.39. The first-order valence-electron chi connectivity index (χ1n) is 6.55. The second kappa shape index (κ2) is 8.14. The molecule has 0 aromatic carbocycles. The molecule has 2 aliphatic carbocycles. The maximum atomic E-state index is 2.60. The summed E-state index contributed by atoms with van der Waals surface area (Å²) in [6.07, 6.45) is 10.2. The van der Waals surface area contributed by atoms with Crippen molar-refractivity contribution in [3.8, 4) is 0 Å². The van der Waals surface area contributed by atoms with Crippen LogP contribution >= 0.6 is 34.3 Å². The zero-order chi connectivity index (χ0) is 13.8. The topological polar surface area (TPSA) is 0 Å². The van der Waals surface area contributed by atoms with Gasteiger partial charge in [0.05, 0.1) is 0 Å². The summed E-state index contributed by atoms with van der Waals surface area (Å²) in [6.45, 7) is 9.32. The van der Waals surface area contributed by atoms with Crippen molar-refractivity contribution in [2.75, 3.05) is 26.7 Å². The van der Waals surface area contributed by atoms with E-state index in [9.17, 15) is 0 Å². The van der Waals surface area contributed by atoms with Crippen molar-refractivity contribution in [1.29, 1.82) is 0 Å². The van der Waals surface area contributed by atoms with Crippen LogP contribution in [0.2, 0.25) is 8.45 Å². The molecular formula is C14H22P4Ti. The van der Waals surface area contributed by atoms with E-state index in [4.69, 9.17) is 0 Å². The third kappa shape index (κ3) is 4.20. The molecule has 0 bridgehead atoms. The molecule has 0 amide bonds. The number of hydrogen-bond acceptors (Lipinski definition) is 0. The third-order valence-corrected chi connectivity index (χ3v) is 10.9. The summed E-state index contributed by atoms with van der Waals surface area (Å²) in [7, 11) is 3.94. The Morgan fingerprint density at radius 3 is 1.47 bits per heavy atom. The summed E-state index contributed by atoms with van der Waals surface area (Å²) in [4.78, 5) is 0. The first kappa shape index (κ1) is 16.8. The summed E-state index contributed by atoms with van der Waals surface area (Å²) in [5, 5.41) is 6.71. The summed E-state index contributed by atoms with van der Waals surface area (Å²) in [5.74, 6) is 0. The van der Waals surface area contributed by atoms with Crippen LogP contribution in [0.25, 0.3) is 0 Å². The number of rotatable bonds is 6.